The van der Waals surface area contributed by atoms with Gasteiger partial charge >= 0.3 is 0 Å². The summed E-state index contributed by atoms with van der Waals surface area (Å²) in [5.41, 5.74) is 8.53. The maximum atomic E-state index is 7.04. The largest absolute Gasteiger partial charge is 0.497 e. The summed E-state index contributed by atoms with van der Waals surface area (Å²) in [6.07, 6.45) is 3.33. The lowest BCUT2D eigenvalue weighted by Gasteiger charge is -2.46. The first-order chi connectivity index (χ1) is 23.8. The maximum Gasteiger partial charge on any atom is 0.204 e. The molecule has 9 heteroatoms. The van der Waals surface area contributed by atoms with Crippen molar-refractivity contribution in [2.45, 2.75) is 43.8 Å². The van der Waals surface area contributed by atoms with Crippen LogP contribution in [0.1, 0.15) is 57.1 Å². The molecular weight excluding hydrogens is 620 g/mol. The summed E-state index contributed by atoms with van der Waals surface area (Å²) < 4.78 is 41.8. The maximum absolute atomic E-state index is 7.04. The van der Waals surface area contributed by atoms with Crippen molar-refractivity contribution >= 4 is 0 Å². The monoisotopic (exact) mass is 666 g/mol. The van der Waals surface area contributed by atoms with Crippen molar-refractivity contribution in [2.24, 2.45) is 0 Å². The molecule has 3 aliphatic rings. The second-order valence-electron chi connectivity index (χ2n) is 13.1. The molecule has 3 atom stereocenters. The minimum absolute atomic E-state index is 0.106. The van der Waals surface area contributed by atoms with Crippen LogP contribution in [-0.4, -0.2) is 73.1 Å². The molecule has 0 saturated carbocycles. The minimum atomic E-state index is 0.106. The van der Waals surface area contributed by atoms with E-state index in [0.29, 0.717) is 28.7 Å². The normalized spacial score (nSPS) is 19.6. The standard InChI is InChI=1S/C40H46N2O7/c1-41-14-13-24-17-35(45-5)37(21-27(24)31(41)15-23-9-11-26(43-3)12-10-23)49-39-30-19-33-28-20-36(46-6)34(44-4)18-25(28)16-32(42(33)2)29(30)22-38(47-7)40(39)48-8/h9-12,17-18,20-22,31-33H,13-16,19H2,1-8H3/t31-,32+,33+/m1/s1. The van der Waals surface area contributed by atoms with Gasteiger partial charge in [-0.1, -0.05) is 12.1 Å². The zero-order valence-corrected chi connectivity index (χ0v) is 29.7. The molecule has 3 heterocycles. The predicted molar refractivity (Wildman–Crippen MR) is 189 cm³/mol. The van der Waals surface area contributed by atoms with Crippen LogP contribution in [0.25, 0.3) is 0 Å². The smallest absolute Gasteiger partial charge is 0.204 e. The third kappa shape index (κ3) is 5.68. The third-order valence-corrected chi connectivity index (χ3v) is 10.8. The summed E-state index contributed by atoms with van der Waals surface area (Å²) in [5, 5.41) is 0. The van der Waals surface area contributed by atoms with Crippen LogP contribution in [0, 0.1) is 0 Å². The highest BCUT2D eigenvalue weighted by molar-refractivity contribution is 5.65. The van der Waals surface area contributed by atoms with Crippen LogP contribution < -0.4 is 33.2 Å². The first-order valence-corrected chi connectivity index (χ1v) is 16.8. The molecule has 0 unspecified atom stereocenters. The number of rotatable bonds is 10. The number of hydrogen-bond acceptors (Lipinski definition) is 9. The van der Waals surface area contributed by atoms with E-state index in [-0.39, 0.29) is 18.1 Å². The first kappa shape index (κ1) is 32.9. The minimum Gasteiger partial charge on any atom is -0.497 e. The van der Waals surface area contributed by atoms with Crippen molar-refractivity contribution in [3.05, 3.63) is 93.5 Å². The van der Waals surface area contributed by atoms with Crippen molar-refractivity contribution < 1.29 is 33.2 Å². The third-order valence-electron chi connectivity index (χ3n) is 10.8. The molecule has 0 aromatic heterocycles. The Bertz CT molecular complexity index is 1860. The fourth-order valence-electron chi connectivity index (χ4n) is 8.06. The number of benzene rings is 4. The average Bonchev–Trinajstić information content (AvgIpc) is 3.12. The Hall–Kier alpha value is -4.60. The topological polar surface area (TPSA) is 71.1 Å². The van der Waals surface area contributed by atoms with Gasteiger partial charge in [-0.25, -0.2) is 0 Å². The molecule has 9 nitrogen and oxygen atoms in total. The van der Waals surface area contributed by atoms with E-state index < -0.39 is 0 Å². The molecule has 7 rings (SSSR count). The fraction of sp³-hybridized carbons (Fsp3) is 0.400. The van der Waals surface area contributed by atoms with Gasteiger partial charge in [0.25, 0.3) is 0 Å². The molecule has 0 aliphatic carbocycles. The Balaban J connectivity index is 1.32. The van der Waals surface area contributed by atoms with Crippen molar-refractivity contribution in [1.29, 1.82) is 0 Å². The van der Waals surface area contributed by atoms with Gasteiger partial charge < -0.3 is 33.2 Å². The van der Waals surface area contributed by atoms with Gasteiger partial charge in [0.15, 0.2) is 34.5 Å². The SMILES string of the molecule is COc1ccc(C[C@@H]2c3cc(Oc4c5c(cc(OC)c4OC)[C@@H]4Cc6cc(OC)c(OC)cc6[C@H](C5)N4C)c(OC)cc3CCN2C)cc1. The van der Waals surface area contributed by atoms with Gasteiger partial charge in [-0.05, 0) is 116 Å². The number of likely N-dealkylation sites (N-methyl/N-ethyl adjacent to an activating group) is 2. The van der Waals surface area contributed by atoms with Crippen LogP contribution in [0.4, 0.5) is 0 Å². The highest BCUT2D eigenvalue weighted by Gasteiger charge is 2.42. The molecule has 0 fully saturated rings. The van der Waals surface area contributed by atoms with E-state index in [0.717, 1.165) is 55.0 Å². The van der Waals surface area contributed by atoms with E-state index in [1.54, 1.807) is 42.7 Å². The lowest BCUT2D eigenvalue weighted by molar-refractivity contribution is 0.135. The van der Waals surface area contributed by atoms with Gasteiger partial charge in [0.2, 0.25) is 5.75 Å². The summed E-state index contributed by atoms with van der Waals surface area (Å²) in [4.78, 5) is 4.87. The van der Waals surface area contributed by atoms with Gasteiger partial charge in [0.1, 0.15) is 5.75 Å². The zero-order chi connectivity index (χ0) is 34.4. The lowest BCUT2D eigenvalue weighted by atomic mass is 9.76. The van der Waals surface area contributed by atoms with E-state index in [1.807, 2.05) is 12.1 Å². The van der Waals surface area contributed by atoms with E-state index in [2.05, 4.69) is 66.4 Å². The first-order valence-electron chi connectivity index (χ1n) is 16.8. The molecule has 0 saturated heterocycles. The average molecular weight is 667 g/mol. The van der Waals surface area contributed by atoms with Gasteiger partial charge in [-0.15, -0.1) is 0 Å². The molecule has 3 aliphatic heterocycles. The molecule has 0 radical (unpaired) electrons. The van der Waals surface area contributed by atoms with Crippen LogP contribution >= 0.6 is 0 Å². The predicted octanol–water partition coefficient (Wildman–Crippen LogP) is 7.13. The number of nitrogens with zero attached hydrogens (tertiary/aromatic N) is 2. The Morgan fingerprint density at radius 2 is 1.20 bits per heavy atom. The Kier molecular flexibility index (Phi) is 8.98. The number of fused-ring (bicyclic) bond motifs is 7. The molecular formula is C40H46N2O7. The van der Waals surface area contributed by atoms with Crippen molar-refractivity contribution in [2.75, 3.05) is 63.3 Å². The quantitative estimate of drug-likeness (QED) is 0.176. The summed E-state index contributed by atoms with van der Waals surface area (Å²) in [6, 6.07) is 19.4. The molecule has 0 amide bonds. The van der Waals surface area contributed by atoms with E-state index in [4.69, 9.17) is 33.2 Å². The molecule has 4 aromatic carbocycles. The van der Waals surface area contributed by atoms with Crippen molar-refractivity contribution in [1.82, 2.24) is 9.80 Å². The van der Waals surface area contributed by atoms with E-state index in [1.165, 1.54) is 33.4 Å². The van der Waals surface area contributed by atoms with Gasteiger partial charge in [0, 0.05) is 30.2 Å². The summed E-state index contributed by atoms with van der Waals surface area (Å²) >= 11 is 0. The Labute approximate surface area is 289 Å². The molecule has 0 spiro atoms. The molecule has 4 aromatic rings. The van der Waals surface area contributed by atoms with Crippen molar-refractivity contribution in [3.8, 4) is 46.0 Å². The summed E-state index contributed by atoms with van der Waals surface area (Å²) in [7, 11) is 14.5. The number of methoxy groups -OCH3 is 6. The molecule has 0 N–H and O–H groups in total. The van der Waals surface area contributed by atoms with Crippen LogP contribution in [-0.2, 0) is 25.7 Å². The molecule has 2 bridgehead atoms. The van der Waals surface area contributed by atoms with Crippen molar-refractivity contribution in [3.63, 3.8) is 0 Å². The second-order valence-corrected chi connectivity index (χ2v) is 13.1. The van der Waals surface area contributed by atoms with Crippen LogP contribution in [0.15, 0.2) is 54.6 Å². The van der Waals surface area contributed by atoms with Gasteiger partial charge in [-0.3, -0.25) is 9.80 Å². The van der Waals surface area contributed by atoms with Crippen LogP contribution in [0.2, 0.25) is 0 Å². The Morgan fingerprint density at radius 1 is 0.592 bits per heavy atom. The summed E-state index contributed by atoms with van der Waals surface area (Å²) in [6.45, 7) is 0.961. The van der Waals surface area contributed by atoms with Gasteiger partial charge in [0.05, 0.1) is 42.7 Å². The van der Waals surface area contributed by atoms with Gasteiger partial charge in [-0.2, -0.15) is 0 Å². The Morgan fingerprint density at radius 3 is 1.88 bits per heavy atom. The van der Waals surface area contributed by atoms with E-state index in [9.17, 15) is 0 Å². The highest BCUT2D eigenvalue weighted by Crippen LogP contribution is 2.56. The van der Waals surface area contributed by atoms with E-state index >= 15 is 0 Å². The lowest BCUT2D eigenvalue weighted by Crippen LogP contribution is -2.40. The van der Waals surface area contributed by atoms with Crippen LogP contribution in [0.5, 0.6) is 46.0 Å². The summed E-state index contributed by atoms with van der Waals surface area (Å²) in [5.74, 6) is 5.55. The molecule has 49 heavy (non-hydrogen) atoms. The zero-order valence-electron chi connectivity index (χ0n) is 29.7. The molecule has 258 valence electrons. The number of hydrogen-bond donors (Lipinski definition) is 0. The van der Waals surface area contributed by atoms with Crippen LogP contribution in [0.3, 0.4) is 0 Å². The number of ether oxygens (including phenoxy) is 7. The second kappa shape index (κ2) is 13.4. The highest BCUT2D eigenvalue weighted by atomic mass is 16.5. The fourth-order valence-corrected chi connectivity index (χ4v) is 8.06.